The van der Waals surface area contributed by atoms with Gasteiger partial charge in [-0.15, -0.1) is 0 Å². The van der Waals surface area contributed by atoms with Gasteiger partial charge in [0.25, 0.3) is 5.91 Å². The van der Waals surface area contributed by atoms with Gasteiger partial charge in [0.2, 0.25) is 0 Å². The third-order valence-electron chi connectivity index (χ3n) is 3.09. The van der Waals surface area contributed by atoms with E-state index >= 15 is 0 Å². The number of phenols is 2. The number of amides is 1. The highest BCUT2D eigenvalue weighted by molar-refractivity contribution is 5.97. The van der Waals surface area contributed by atoms with Crippen LogP contribution in [-0.4, -0.2) is 21.1 Å². The lowest BCUT2D eigenvalue weighted by atomic mass is 10.2. The number of nitrogens with zero attached hydrogens (tertiary/aromatic N) is 2. The molecule has 1 amide bonds. The number of carbonyl (C=O) groups excluding carboxylic acids is 1. The molecule has 3 N–H and O–H groups in total. The summed E-state index contributed by atoms with van der Waals surface area (Å²) in [6, 6.07) is 9.70. The van der Waals surface area contributed by atoms with Gasteiger partial charge < -0.3 is 15.5 Å². The first-order valence-corrected chi connectivity index (χ1v) is 7.07. The van der Waals surface area contributed by atoms with Crippen LogP contribution in [0, 0.1) is 11.3 Å². The molecule has 0 saturated heterocycles. The fourth-order valence-corrected chi connectivity index (χ4v) is 1.85. The maximum absolute atomic E-state index is 12.0. The third-order valence-corrected chi connectivity index (χ3v) is 3.09. The molecule has 2 aromatic rings. The summed E-state index contributed by atoms with van der Waals surface area (Å²) in [6.07, 6.45) is 8.06. The number of nitrogens with one attached hydrogen (secondary N) is 1. The highest BCUT2D eigenvalue weighted by Crippen LogP contribution is 2.24. The second-order valence-corrected chi connectivity index (χ2v) is 4.84. The maximum atomic E-state index is 12.0. The van der Waals surface area contributed by atoms with Crippen molar-refractivity contribution in [3.8, 4) is 17.6 Å². The third kappa shape index (κ3) is 4.71. The number of benzene rings is 1. The summed E-state index contributed by atoms with van der Waals surface area (Å²) in [7, 11) is 0. The molecule has 24 heavy (non-hydrogen) atoms. The predicted octanol–water partition coefficient (Wildman–Crippen LogP) is 2.27. The van der Waals surface area contributed by atoms with Crippen molar-refractivity contribution in [2.24, 2.45) is 0 Å². The average Bonchev–Trinajstić information content (AvgIpc) is 2.60. The normalized spacial score (nSPS) is 11.2. The fourth-order valence-electron chi connectivity index (χ4n) is 1.85. The van der Waals surface area contributed by atoms with E-state index in [1.807, 2.05) is 12.1 Å². The van der Waals surface area contributed by atoms with Gasteiger partial charge in [-0.3, -0.25) is 9.78 Å². The molecular formula is C18H15N3O3. The number of nitriles is 1. The Labute approximate surface area is 139 Å². The molecule has 1 aromatic carbocycles. The zero-order chi connectivity index (χ0) is 17.4. The Bertz CT molecular complexity index is 821. The number of allylic oxidation sites excluding steroid dienone is 2. The molecule has 0 radical (unpaired) electrons. The van der Waals surface area contributed by atoms with E-state index in [1.165, 1.54) is 18.2 Å². The molecule has 0 aliphatic rings. The monoisotopic (exact) mass is 321 g/mol. The van der Waals surface area contributed by atoms with Crippen LogP contribution in [0.1, 0.15) is 11.1 Å². The number of hydrogen-bond acceptors (Lipinski definition) is 5. The molecule has 0 saturated carbocycles. The standard InChI is InChI=1S/C18H15N3O3/c19-10-15(5-1-3-13-4-2-8-20-11-13)18(24)21-12-14-6-7-16(22)17(23)9-14/h1-9,11,22-23H,12H2,(H,21,24). The van der Waals surface area contributed by atoms with Crippen LogP contribution in [-0.2, 0) is 11.3 Å². The lowest BCUT2D eigenvalue weighted by molar-refractivity contribution is -0.117. The number of aromatic nitrogens is 1. The highest BCUT2D eigenvalue weighted by atomic mass is 16.3. The molecule has 0 aliphatic carbocycles. The Morgan fingerprint density at radius 1 is 1.29 bits per heavy atom. The van der Waals surface area contributed by atoms with Crippen LogP contribution in [0.15, 0.2) is 60.5 Å². The first-order valence-electron chi connectivity index (χ1n) is 7.07. The molecular weight excluding hydrogens is 306 g/mol. The van der Waals surface area contributed by atoms with Crippen molar-refractivity contribution in [2.75, 3.05) is 0 Å². The number of hydrogen-bond donors (Lipinski definition) is 3. The number of rotatable bonds is 5. The van der Waals surface area contributed by atoms with E-state index in [2.05, 4.69) is 10.3 Å². The summed E-state index contributed by atoms with van der Waals surface area (Å²) in [4.78, 5) is 15.9. The largest absolute Gasteiger partial charge is 0.504 e. The Morgan fingerprint density at radius 2 is 2.12 bits per heavy atom. The molecule has 0 spiro atoms. The summed E-state index contributed by atoms with van der Waals surface area (Å²) in [6.45, 7) is 0.123. The van der Waals surface area contributed by atoms with Gasteiger partial charge in [0.15, 0.2) is 11.5 Å². The second kappa shape index (κ2) is 8.15. The van der Waals surface area contributed by atoms with Crippen molar-refractivity contribution in [3.05, 3.63) is 71.6 Å². The van der Waals surface area contributed by atoms with Crippen LogP contribution < -0.4 is 5.32 Å². The van der Waals surface area contributed by atoms with Crippen molar-refractivity contribution >= 4 is 12.0 Å². The van der Waals surface area contributed by atoms with Gasteiger partial charge in [-0.1, -0.05) is 24.3 Å². The Kier molecular flexibility index (Phi) is 5.70. The minimum atomic E-state index is -0.527. The van der Waals surface area contributed by atoms with Crippen LogP contribution in [0.5, 0.6) is 11.5 Å². The Morgan fingerprint density at radius 3 is 2.79 bits per heavy atom. The van der Waals surface area contributed by atoms with Crippen molar-refractivity contribution in [1.82, 2.24) is 10.3 Å². The number of aromatic hydroxyl groups is 2. The van der Waals surface area contributed by atoms with Gasteiger partial charge in [-0.05, 0) is 35.4 Å². The molecule has 0 atom stereocenters. The van der Waals surface area contributed by atoms with Gasteiger partial charge in [0.1, 0.15) is 11.6 Å². The topological polar surface area (TPSA) is 106 Å². The first kappa shape index (κ1) is 16.8. The summed E-state index contributed by atoms with van der Waals surface area (Å²) in [5.74, 6) is -1.03. The van der Waals surface area contributed by atoms with E-state index in [-0.39, 0.29) is 23.6 Å². The average molecular weight is 321 g/mol. The van der Waals surface area contributed by atoms with E-state index in [4.69, 9.17) is 5.26 Å². The molecule has 6 heteroatoms. The van der Waals surface area contributed by atoms with Crippen molar-refractivity contribution < 1.29 is 15.0 Å². The molecule has 2 rings (SSSR count). The lowest BCUT2D eigenvalue weighted by Gasteiger charge is -2.05. The van der Waals surface area contributed by atoms with Crippen LogP contribution >= 0.6 is 0 Å². The fraction of sp³-hybridized carbons (Fsp3) is 0.0556. The minimum absolute atomic E-state index is 0.0434. The maximum Gasteiger partial charge on any atom is 0.262 e. The first-order chi connectivity index (χ1) is 11.6. The van der Waals surface area contributed by atoms with Crippen molar-refractivity contribution in [1.29, 1.82) is 5.26 Å². The SMILES string of the molecule is N#CC(=CC=Cc1cccnc1)C(=O)NCc1ccc(O)c(O)c1. The van der Waals surface area contributed by atoms with Gasteiger partial charge in [0.05, 0.1) is 0 Å². The van der Waals surface area contributed by atoms with Crippen molar-refractivity contribution in [3.63, 3.8) is 0 Å². The van der Waals surface area contributed by atoms with Gasteiger partial charge in [-0.2, -0.15) is 5.26 Å². The number of carbonyl (C=O) groups is 1. The van der Waals surface area contributed by atoms with Gasteiger partial charge in [0, 0.05) is 18.9 Å². The Balaban J connectivity index is 1.98. The second-order valence-electron chi connectivity index (χ2n) is 4.84. The van der Waals surface area contributed by atoms with Crippen LogP contribution in [0.2, 0.25) is 0 Å². The number of pyridine rings is 1. The number of phenolic OH excluding ortho intramolecular Hbond substituents is 2. The molecule has 1 heterocycles. The van der Waals surface area contributed by atoms with E-state index < -0.39 is 5.91 Å². The van der Waals surface area contributed by atoms with Crippen LogP contribution in [0.25, 0.3) is 6.08 Å². The quantitative estimate of drug-likeness (QED) is 0.339. The van der Waals surface area contributed by atoms with E-state index in [9.17, 15) is 15.0 Å². The summed E-state index contributed by atoms with van der Waals surface area (Å²) >= 11 is 0. The summed E-state index contributed by atoms with van der Waals surface area (Å²) in [5.41, 5.74) is 1.41. The summed E-state index contributed by atoms with van der Waals surface area (Å²) in [5, 5.41) is 30.3. The zero-order valence-corrected chi connectivity index (χ0v) is 12.7. The molecule has 120 valence electrons. The van der Waals surface area contributed by atoms with E-state index in [0.29, 0.717) is 5.56 Å². The molecule has 0 fully saturated rings. The lowest BCUT2D eigenvalue weighted by Crippen LogP contribution is -2.23. The van der Waals surface area contributed by atoms with Crippen molar-refractivity contribution in [2.45, 2.75) is 6.54 Å². The smallest absolute Gasteiger partial charge is 0.262 e. The molecule has 1 aromatic heterocycles. The summed E-state index contributed by atoms with van der Waals surface area (Å²) < 4.78 is 0. The van der Waals surface area contributed by atoms with E-state index in [1.54, 1.807) is 36.7 Å². The van der Waals surface area contributed by atoms with Gasteiger partial charge in [-0.25, -0.2) is 0 Å². The highest BCUT2D eigenvalue weighted by Gasteiger charge is 2.08. The van der Waals surface area contributed by atoms with Crippen LogP contribution in [0.3, 0.4) is 0 Å². The molecule has 0 bridgehead atoms. The minimum Gasteiger partial charge on any atom is -0.504 e. The molecule has 6 nitrogen and oxygen atoms in total. The Hall–Kier alpha value is -3.59. The van der Waals surface area contributed by atoms with Gasteiger partial charge >= 0.3 is 0 Å². The zero-order valence-electron chi connectivity index (χ0n) is 12.7. The molecule has 0 aliphatic heterocycles. The van der Waals surface area contributed by atoms with Crippen LogP contribution in [0.4, 0.5) is 0 Å². The van der Waals surface area contributed by atoms with E-state index in [0.717, 1.165) is 5.56 Å². The molecule has 0 unspecified atom stereocenters. The predicted molar refractivity (Wildman–Crippen MR) is 88.6 cm³/mol.